The number of benzene rings is 2. The first-order valence-electron chi connectivity index (χ1n) is 4.99. The average molecular weight is 268 g/mol. The third-order valence-electron chi connectivity index (χ3n) is 2.52. The van der Waals surface area contributed by atoms with Crippen LogP contribution in [0.4, 0.5) is 3.89 Å². The number of halogens is 1. The van der Waals surface area contributed by atoms with Crippen LogP contribution in [-0.4, -0.2) is 21.5 Å². The van der Waals surface area contributed by atoms with Gasteiger partial charge in [0.15, 0.2) is 0 Å². The first-order chi connectivity index (χ1) is 8.43. The molecule has 0 aliphatic rings. The van der Waals surface area contributed by atoms with E-state index in [2.05, 4.69) is 4.74 Å². The Morgan fingerprint density at radius 1 is 1.17 bits per heavy atom. The zero-order valence-electron chi connectivity index (χ0n) is 9.38. The summed E-state index contributed by atoms with van der Waals surface area (Å²) in [6.07, 6.45) is 0. The maximum Gasteiger partial charge on any atom is 0.339 e. The quantitative estimate of drug-likeness (QED) is 0.619. The summed E-state index contributed by atoms with van der Waals surface area (Å²) in [5, 5.41) is 1.16. The Morgan fingerprint density at radius 3 is 2.22 bits per heavy atom. The normalized spacial score (nSPS) is 11.4. The predicted molar refractivity (Wildman–Crippen MR) is 63.6 cm³/mol. The van der Waals surface area contributed by atoms with Crippen molar-refractivity contribution in [2.45, 2.75) is 4.90 Å². The van der Waals surface area contributed by atoms with Crippen molar-refractivity contribution in [1.82, 2.24) is 0 Å². The summed E-state index contributed by atoms with van der Waals surface area (Å²) in [6.45, 7) is 0. The Balaban J connectivity index is 2.84. The molecule has 0 radical (unpaired) electrons. The molecule has 0 amide bonds. The lowest BCUT2D eigenvalue weighted by Crippen LogP contribution is -2.08. The molecule has 2 aromatic rings. The molecule has 4 nitrogen and oxygen atoms in total. The van der Waals surface area contributed by atoms with Gasteiger partial charge in [-0.1, -0.05) is 24.3 Å². The molecule has 0 N–H and O–H groups in total. The molecule has 2 rings (SSSR count). The lowest BCUT2D eigenvalue weighted by molar-refractivity contribution is 0.0596. The van der Waals surface area contributed by atoms with Gasteiger partial charge in [-0.15, -0.1) is 3.89 Å². The van der Waals surface area contributed by atoms with Gasteiger partial charge in [0.1, 0.15) is 4.90 Å². The number of hydrogen-bond acceptors (Lipinski definition) is 4. The number of esters is 1. The van der Waals surface area contributed by atoms with E-state index in [9.17, 15) is 17.1 Å². The maximum absolute atomic E-state index is 13.2. The summed E-state index contributed by atoms with van der Waals surface area (Å²) in [5.41, 5.74) is -0.307. The Hall–Kier alpha value is -1.95. The van der Waals surface area contributed by atoms with E-state index in [1.807, 2.05) is 0 Å². The van der Waals surface area contributed by atoms with E-state index in [1.54, 1.807) is 24.3 Å². The lowest BCUT2D eigenvalue weighted by atomic mass is 10.1. The highest BCUT2D eigenvalue weighted by atomic mass is 32.3. The van der Waals surface area contributed by atoms with Gasteiger partial charge >= 0.3 is 16.2 Å². The van der Waals surface area contributed by atoms with Crippen LogP contribution in [0.15, 0.2) is 41.3 Å². The van der Waals surface area contributed by atoms with E-state index >= 15 is 0 Å². The van der Waals surface area contributed by atoms with Crippen molar-refractivity contribution >= 4 is 27.0 Å². The van der Waals surface area contributed by atoms with Gasteiger partial charge in [-0.2, -0.15) is 8.42 Å². The number of methoxy groups -OCH3 is 1. The molecule has 0 aromatic heterocycles. The maximum atomic E-state index is 13.2. The molecular formula is C12H9FO4S. The highest BCUT2D eigenvalue weighted by Crippen LogP contribution is 2.25. The molecule has 0 spiro atoms. The molecule has 0 heterocycles. The summed E-state index contributed by atoms with van der Waals surface area (Å²) >= 11 is 0. The molecule has 0 unspecified atom stereocenters. The zero-order chi connectivity index (χ0) is 13.3. The first-order valence-corrected chi connectivity index (χ1v) is 6.37. The summed E-state index contributed by atoms with van der Waals surface area (Å²) in [5.74, 6) is -0.892. The van der Waals surface area contributed by atoms with Crippen LogP contribution in [0.1, 0.15) is 10.4 Å². The summed E-state index contributed by atoms with van der Waals surface area (Å²) in [6, 6.07) is 9.16. The van der Waals surface area contributed by atoms with Gasteiger partial charge in [-0.25, -0.2) is 4.79 Å². The molecule has 0 aliphatic carbocycles. The van der Waals surface area contributed by atoms with Gasteiger partial charge in [-0.05, 0) is 22.9 Å². The van der Waals surface area contributed by atoms with E-state index in [4.69, 9.17) is 0 Å². The van der Waals surface area contributed by atoms with Gasteiger partial charge in [-0.3, -0.25) is 0 Å². The van der Waals surface area contributed by atoms with Gasteiger partial charge in [0.2, 0.25) is 0 Å². The second-order valence-electron chi connectivity index (χ2n) is 3.62. The standard InChI is InChI=1S/C12H9FO4S/c1-17-12(14)10-6-8-4-2-3-5-9(8)7-11(10)18(13,15)16/h2-7H,1H3. The van der Waals surface area contributed by atoms with E-state index in [-0.39, 0.29) is 5.56 Å². The second kappa shape index (κ2) is 4.38. The topological polar surface area (TPSA) is 60.4 Å². The van der Waals surface area contributed by atoms with Crippen molar-refractivity contribution in [3.63, 3.8) is 0 Å². The Labute approximate surface area is 103 Å². The third-order valence-corrected chi connectivity index (χ3v) is 3.38. The number of carbonyl (C=O) groups is 1. The second-order valence-corrected chi connectivity index (χ2v) is 4.94. The highest BCUT2D eigenvalue weighted by molar-refractivity contribution is 7.86. The van der Waals surface area contributed by atoms with Crippen LogP contribution in [0.25, 0.3) is 10.8 Å². The smallest absolute Gasteiger partial charge is 0.339 e. The monoisotopic (exact) mass is 268 g/mol. The molecular weight excluding hydrogens is 259 g/mol. The lowest BCUT2D eigenvalue weighted by Gasteiger charge is -2.06. The van der Waals surface area contributed by atoms with Crippen molar-refractivity contribution in [1.29, 1.82) is 0 Å². The summed E-state index contributed by atoms with van der Waals surface area (Å²) in [4.78, 5) is 10.8. The predicted octanol–water partition coefficient (Wildman–Crippen LogP) is 2.28. The van der Waals surface area contributed by atoms with Crippen molar-refractivity contribution < 1.29 is 21.8 Å². The van der Waals surface area contributed by atoms with Crippen LogP contribution in [0.5, 0.6) is 0 Å². The van der Waals surface area contributed by atoms with Gasteiger partial charge < -0.3 is 4.74 Å². The summed E-state index contributed by atoms with van der Waals surface area (Å²) in [7, 11) is -3.88. The fraction of sp³-hybridized carbons (Fsp3) is 0.0833. The van der Waals surface area contributed by atoms with Crippen LogP contribution in [0.2, 0.25) is 0 Å². The molecule has 0 fully saturated rings. The Morgan fingerprint density at radius 2 is 1.72 bits per heavy atom. The Bertz CT molecular complexity index is 722. The van der Waals surface area contributed by atoms with Crippen LogP contribution >= 0.6 is 0 Å². The van der Waals surface area contributed by atoms with Crippen LogP contribution < -0.4 is 0 Å². The molecule has 94 valence electrons. The van der Waals surface area contributed by atoms with E-state index in [0.717, 1.165) is 13.2 Å². The molecule has 0 saturated heterocycles. The molecule has 0 saturated carbocycles. The fourth-order valence-electron chi connectivity index (χ4n) is 1.69. The number of ether oxygens (including phenoxy) is 1. The molecule has 2 aromatic carbocycles. The molecule has 0 atom stereocenters. The minimum atomic E-state index is -4.98. The largest absolute Gasteiger partial charge is 0.465 e. The number of rotatable bonds is 2. The zero-order valence-corrected chi connectivity index (χ0v) is 10.2. The number of fused-ring (bicyclic) bond motifs is 1. The Kier molecular flexibility index (Phi) is 3.04. The SMILES string of the molecule is COC(=O)c1cc2ccccc2cc1S(=O)(=O)F. The molecule has 6 heteroatoms. The van der Waals surface area contributed by atoms with Crippen molar-refractivity contribution in [2.75, 3.05) is 7.11 Å². The minimum absolute atomic E-state index is 0.307. The fourth-order valence-corrected chi connectivity index (χ4v) is 2.36. The van der Waals surface area contributed by atoms with Gasteiger partial charge in [0.25, 0.3) is 0 Å². The molecule has 18 heavy (non-hydrogen) atoms. The van der Waals surface area contributed by atoms with Gasteiger partial charge in [0.05, 0.1) is 12.7 Å². The molecule has 0 aliphatic heterocycles. The number of carbonyl (C=O) groups excluding carboxylic acids is 1. The van der Waals surface area contributed by atoms with E-state index in [1.165, 1.54) is 6.07 Å². The van der Waals surface area contributed by atoms with Crippen LogP contribution in [-0.2, 0) is 15.0 Å². The van der Waals surface area contributed by atoms with E-state index in [0.29, 0.717) is 10.8 Å². The average Bonchev–Trinajstić information content (AvgIpc) is 2.35. The third kappa shape index (κ3) is 2.19. The van der Waals surface area contributed by atoms with Crippen molar-refractivity contribution in [3.05, 3.63) is 42.0 Å². The number of hydrogen-bond donors (Lipinski definition) is 0. The highest BCUT2D eigenvalue weighted by Gasteiger charge is 2.23. The van der Waals surface area contributed by atoms with Crippen LogP contribution in [0, 0.1) is 0 Å². The first kappa shape index (κ1) is 12.5. The van der Waals surface area contributed by atoms with Crippen LogP contribution in [0.3, 0.4) is 0 Å². The van der Waals surface area contributed by atoms with Gasteiger partial charge in [0, 0.05) is 0 Å². The molecule has 0 bridgehead atoms. The van der Waals surface area contributed by atoms with Crippen molar-refractivity contribution in [2.24, 2.45) is 0 Å². The summed E-state index contributed by atoms with van der Waals surface area (Å²) < 4.78 is 39.7. The van der Waals surface area contributed by atoms with Crippen molar-refractivity contribution in [3.8, 4) is 0 Å². The van der Waals surface area contributed by atoms with E-state index < -0.39 is 21.1 Å². The minimum Gasteiger partial charge on any atom is -0.465 e.